The molecule has 1 atom stereocenters. The molecule has 1 aromatic carbocycles. The van der Waals surface area contributed by atoms with Crippen molar-refractivity contribution in [2.75, 3.05) is 30.4 Å². The Hall–Kier alpha value is -2.35. The molecule has 2 fully saturated rings. The zero-order valence-electron chi connectivity index (χ0n) is 17.4. The van der Waals surface area contributed by atoms with Crippen molar-refractivity contribution in [1.29, 1.82) is 0 Å². The molecule has 2 heterocycles. The summed E-state index contributed by atoms with van der Waals surface area (Å²) in [4.78, 5) is 13.9. The second-order valence-corrected chi connectivity index (χ2v) is 8.28. The summed E-state index contributed by atoms with van der Waals surface area (Å²) in [6, 6.07) is 8.39. The van der Waals surface area contributed by atoms with Gasteiger partial charge in [-0.25, -0.2) is 4.98 Å². The standard InChI is InChI=1S/C22H28F3N5/c1-3-5-16-13-20(30-11-10-19(14-30)29(2)18-8-9-18)28-21(26-16)27-17-7-4-6-15(12-17)22(23,24)25/h4,6-7,12-13,18-19H,3,5,8-11,14H2,1-2H3,(H,26,27,28)/t19-/m0/s1. The van der Waals surface area contributed by atoms with Crippen LogP contribution in [0.5, 0.6) is 0 Å². The van der Waals surface area contributed by atoms with Gasteiger partial charge < -0.3 is 10.2 Å². The fourth-order valence-corrected chi connectivity index (χ4v) is 4.05. The molecule has 1 N–H and O–H groups in total. The van der Waals surface area contributed by atoms with Gasteiger partial charge >= 0.3 is 6.18 Å². The van der Waals surface area contributed by atoms with E-state index in [2.05, 4.69) is 39.1 Å². The van der Waals surface area contributed by atoms with E-state index in [0.717, 1.165) is 56.0 Å². The van der Waals surface area contributed by atoms with Gasteiger partial charge in [0.15, 0.2) is 0 Å². The van der Waals surface area contributed by atoms with Crippen molar-refractivity contribution >= 4 is 17.5 Å². The van der Waals surface area contributed by atoms with Crippen LogP contribution in [0, 0.1) is 0 Å². The van der Waals surface area contributed by atoms with Crippen molar-refractivity contribution in [3.63, 3.8) is 0 Å². The monoisotopic (exact) mass is 419 g/mol. The SMILES string of the molecule is CCCc1cc(N2CC[C@H](N(C)C3CC3)C2)nc(Nc2cccc(C(F)(F)F)c2)n1. The lowest BCUT2D eigenvalue weighted by Gasteiger charge is -2.25. The fraction of sp³-hybridized carbons (Fsp3) is 0.545. The molecule has 0 amide bonds. The van der Waals surface area contributed by atoms with Crippen LogP contribution in [0.25, 0.3) is 0 Å². The first-order valence-electron chi connectivity index (χ1n) is 10.6. The topological polar surface area (TPSA) is 44.3 Å². The first-order valence-corrected chi connectivity index (χ1v) is 10.6. The van der Waals surface area contributed by atoms with E-state index in [1.807, 2.05) is 6.07 Å². The molecule has 8 heteroatoms. The van der Waals surface area contributed by atoms with Gasteiger partial charge in [-0.2, -0.15) is 18.2 Å². The molecule has 1 aromatic heterocycles. The second kappa shape index (κ2) is 8.41. The van der Waals surface area contributed by atoms with Gasteiger partial charge in [0.2, 0.25) is 5.95 Å². The highest BCUT2D eigenvalue weighted by Gasteiger charge is 2.35. The second-order valence-electron chi connectivity index (χ2n) is 8.28. The van der Waals surface area contributed by atoms with Crippen LogP contribution < -0.4 is 10.2 Å². The van der Waals surface area contributed by atoms with E-state index in [-0.39, 0.29) is 0 Å². The summed E-state index contributed by atoms with van der Waals surface area (Å²) in [5.74, 6) is 1.18. The van der Waals surface area contributed by atoms with Crippen molar-refractivity contribution in [1.82, 2.24) is 14.9 Å². The molecule has 2 aliphatic rings. The van der Waals surface area contributed by atoms with Crippen molar-refractivity contribution in [3.8, 4) is 0 Å². The molecule has 1 saturated heterocycles. The minimum atomic E-state index is -4.38. The first-order chi connectivity index (χ1) is 14.3. The number of halogens is 3. The maximum absolute atomic E-state index is 13.0. The number of nitrogens with one attached hydrogen (secondary N) is 1. The molecule has 1 aliphatic carbocycles. The van der Waals surface area contributed by atoms with Crippen molar-refractivity contribution in [2.45, 2.75) is 57.3 Å². The number of hydrogen-bond donors (Lipinski definition) is 1. The molecule has 0 spiro atoms. The Bertz CT molecular complexity index is 881. The van der Waals surface area contributed by atoms with Gasteiger partial charge in [-0.1, -0.05) is 19.4 Å². The van der Waals surface area contributed by atoms with E-state index in [1.165, 1.54) is 18.9 Å². The normalized spacial score (nSPS) is 19.5. The smallest absolute Gasteiger partial charge is 0.355 e. The maximum atomic E-state index is 13.0. The van der Waals surface area contributed by atoms with Gasteiger partial charge in [0.1, 0.15) is 5.82 Å². The molecule has 5 nitrogen and oxygen atoms in total. The third kappa shape index (κ3) is 4.86. The molecule has 1 saturated carbocycles. The fourth-order valence-electron chi connectivity index (χ4n) is 4.05. The number of likely N-dealkylation sites (N-methyl/N-ethyl adjacent to an activating group) is 1. The number of alkyl halides is 3. The molecule has 0 unspecified atom stereocenters. The third-order valence-electron chi connectivity index (χ3n) is 5.90. The summed E-state index contributed by atoms with van der Waals surface area (Å²) < 4.78 is 39.1. The van der Waals surface area contributed by atoms with Gasteiger partial charge in [0.25, 0.3) is 0 Å². The zero-order chi connectivity index (χ0) is 21.3. The summed E-state index contributed by atoms with van der Waals surface area (Å²) in [5.41, 5.74) is 0.538. The number of benzene rings is 1. The lowest BCUT2D eigenvalue weighted by atomic mass is 10.2. The van der Waals surface area contributed by atoms with Crippen LogP contribution in [-0.4, -0.2) is 47.1 Å². The van der Waals surface area contributed by atoms with E-state index in [1.54, 1.807) is 6.07 Å². The predicted octanol–water partition coefficient (Wildman–Crippen LogP) is 4.86. The van der Waals surface area contributed by atoms with E-state index in [4.69, 9.17) is 0 Å². The Labute approximate surface area is 175 Å². The van der Waals surface area contributed by atoms with E-state index in [9.17, 15) is 13.2 Å². The third-order valence-corrected chi connectivity index (χ3v) is 5.90. The number of rotatable bonds is 7. The Morgan fingerprint density at radius 1 is 1.13 bits per heavy atom. The highest BCUT2D eigenvalue weighted by atomic mass is 19.4. The molecule has 0 bridgehead atoms. The molecule has 30 heavy (non-hydrogen) atoms. The molecule has 162 valence electrons. The quantitative estimate of drug-likeness (QED) is 0.694. The number of hydrogen-bond acceptors (Lipinski definition) is 5. The Kier molecular flexibility index (Phi) is 5.86. The molecular weight excluding hydrogens is 391 g/mol. The van der Waals surface area contributed by atoms with Crippen LogP contribution in [0.4, 0.5) is 30.6 Å². The van der Waals surface area contributed by atoms with E-state index >= 15 is 0 Å². The molecule has 4 rings (SSSR count). The van der Waals surface area contributed by atoms with Crippen LogP contribution in [0.15, 0.2) is 30.3 Å². The summed E-state index contributed by atoms with van der Waals surface area (Å²) in [5, 5.41) is 2.98. The Morgan fingerprint density at radius 3 is 2.63 bits per heavy atom. The lowest BCUT2D eigenvalue weighted by molar-refractivity contribution is -0.137. The van der Waals surface area contributed by atoms with E-state index < -0.39 is 11.7 Å². The summed E-state index contributed by atoms with van der Waals surface area (Å²) in [7, 11) is 2.20. The van der Waals surface area contributed by atoms with Crippen LogP contribution in [0.2, 0.25) is 0 Å². The van der Waals surface area contributed by atoms with Crippen LogP contribution in [-0.2, 0) is 12.6 Å². The Balaban J connectivity index is 1.54. The Morgan fingerprint density at radius 2 is 1.93 bits per heavy atom. The van der Waals surface area contributed by atoms with Crippen LogP contribution >= 0.6 is 0 Å². The minimum Gasteiger partial charge on any atom is -0.355 e. The molecule has 1 aliphatic heterocycles. The highest BCUT2D eigenvalue weighted by Crippen LogP contribution is 2.33. The van der Waals surface area contributed by atoms with Gasteiger partial charge in [0.05, 0.1) is 5.56 Å². The van der Waals surface area contributed by atoms with Gasteiger partial charge in [-0.3, -0.25) is 4.90 Å². The molecule has 0 radical (unpaired) electrons. The molecule has 2 aromatic rings. The van der Waals surface area contributed by atoms with Crippen molar-refractivity contribution in [2.24, 2.45) is 0 Å². The summed E-state index contributed by atoms with van der Waals surface area (Å²) in [6.07, 6.45) is 1.01. The molecular formula is C22H28F3N5. The average molecular weight is 419 g/mol. The number of nitrogens with zero attached hydrogens (tertiary/aromatic N) is 4. The van der Waals surface area contributed by atoms with Crippen molar-refractivity contribution < 1.29 is 13.2 Å². The van der Waals surface area contributed by atoms with E-state index in [0.29, 0.717) is 23.7 Å². The average Bonchev–Trinajstić information content (AvgIpc) is 3.43. The largest absolute Gasteiger partial charge is 0.416 e. The summed E-state index contributed by atoms with van der Waals surface area (Å²) in [6.45, 7) is 3.92. The predicted molar refractivity (Wildman–Crippen MR) is 112 cm³/mol. The number of aryl methyl sites for hydroxylation is 1. The zero-order valence-corrected chi connectivity index (χ0v) is 17.4. The van der Waals surface area contributed by atoms with Gasteiger partial charge in [-0.05, 0) is 50.9 Å². The summed E-state index contributed by atoms with van der Waals surface area (Å²) >= 11 is 0. The van der Waals surface area contributed by atoms with Crippen LogP contribution in [0.1, 0.15) is 43.9 Å². The van der Waals surface area contributed by atoms with Gasteiger partial charge in [0, 0.05) is 42.6 Å². The minimum absolute atomic E-state index is 0.331. The highest BCUT2D eigenvalue weighted by molar-refractivity contribution is 5.57. The maximum Gasteiger partial charge on any atom is 0.416 e. The number of aromatic nitrogens is 2. The van der Waals surface area contributed by atoms with Crippen LogP contribution in [0.3, 0.4) is 0 Å². The lowest BCUT2D eigenvalue weighted by Crippen LogP contribution is -2.36. The number of anilines is 3. The van der Waals surface area contributed by atoms with Gasteiger partial charge in [-0.15, -0.1) is 0 Å². The van der Waals surface area contributed by atoms with Crippen molar-refractivity contribution in [3.05, 3.63) is 41.6 Å². The first kappa shape index (κ1) is 20.9.